The normalized spacial score (nSPS) is 21.5. The zero-order valence-corrected chi connectivity index (χ0v) is 18.7. The van der Waals surface area contributed by atoms with Crippen LogP contribution in [-0.4, -0.2) is 64.1 Å². The highest BCUT2D eigenvalue weighted by atomic mass is 35.5. The maximum absolute atomic E-state index is 12.6. The van der Waals surface area contributed by atoms with Gasteiger partial charge in [0.25, 0.3) is 0 Å². The molecule has 2 aromatic heterocycles. The molecule has 3 heterocycles. The maximum atomic E-state index is 12.6. The first-order chi connectivity index (χ1) is 15.7. The predicted molar refractivity (Wildman–Crippen MR) is 127 cm³/mol. The van der Waals surface area contributed by atoms with Gasteiger partial charge in [-0.3, -0.25) is 0 Å². The Labute approximate surface area is 192 Å². The van der Waals surface area contributed by atoms with Crippen LogP contribution in [0.2, 0.25) is 5.02 Å². The molecule has 9 heteroatoms. The maximum Gasteiger partial charge on any atom is 0.317 e. The quantitative estimate of drug-likeness (QED) is 0.483. The Kier molecular flexibility index (Phi) is 6.14. The van der Waals surface area contributed by atoms with E-state index in [4.69, 9.17) is 16.6 Å². The molecular formula is C23H28ClN7O. The highest BCUT2D eigenvalue weighted by Crippen LogP contribution is 2.32. The van der Waals surface area contributed by atoms with E-state index in [-0.39, 0.29) is 18.1 Å². The smallest absolute Gasteiger partial charge is 0.317 e. The topological polar surface area (TPSA) is 98.0 Å². The second-order valence-electron chi connectivity index (χ2n) is 8.53. The number of piperazine rings is 1. The highest BCUT2D eigenvalue weighted by Gasteiger charge is 2.26. The van der Waals surface area contributed by atoms with E-state index in [1.54, 1.807) is 6.20 Å². The van der Waals surface area contributed by atoms with Gasteiger partial charge in [-0.05, 0) is 31.7 Å². The van der Waals surface area contributed by atoms with Crippen LogP contribution >= 0.6 is 11.6 Å². The van der Waals surface area contributed by atoms with E-state index in [1.807, 2.05) is 29.3 Å². The van der Waals surface area contributed by atoms with Crippen LogP contribution in [0.25, 0.3) is 22.2 Å². The average Bonchev–Trinajstić information content (AvgIpc) is 3.25. The molecule has 0 radical (unpaired) electrons. The van der Waals surface area contributed by atoms with Gasteiger partial charge in [0.1, 0.15) is 0 Å². The molecule has 32 heavy (non-hydrogen) atoms. The van der Waals surface area contributed by atoms with Gasteiger partial charge in [-0.15, -0.1) is 0 Å². The van der Waals surface area contributed by atoms with Crippen LogP contribution in [0, 0.1) is 0 Å². The summed E-state index contributed by atoms with van der Waals surface area (Å²) in [6.07, 6.45) is 7.51. The van der Waals surface area contributed by atoms with E-state index in [1.165, 1.54) is 0 Å². The number of aromatic nitrogens is 3. The molecule has 1 aromatic carbocycles. The van der Waals surface area contributed by atoms with Crippen molar-refractivity contribution in [2.45, 2.75) is 37.8 Å². The number of halogens is 1. The number of hydrogen-bond donors (Lipinski definition) is 4. The summed E-state index contributed by atoms with van der Waals surface area (Å²) >= 11 is 6.46. The summed E-state index contributed by atoms with van der Waals surface area (Å²) in [6, 6.07) is 8.49. The minimum absolute atomic E-state index is 0.0431. The third-order valence-corrected chi connectivity index (χ3v) is 6.60. The molecule has 168 valence electrons. The summed E-state index contributed by atoms with van der Waals surface area (Å²) in [5, 5.41) is 11.6. The number of urea groups is 1. The number of nitrogens with one attached hydrogen (secondary N) is 4. The number of hydrogen-bond acceptors (Lipinski definition) is 5. The van der Waals surface area contributed by atoms with Crippen LogP contribution in [0.1, 0.15) is 25.7 Å². The number of nitrogens with zero attached hydrogens (tertiary/aromatic N) is 3. The SMILES string of the molecule is O=C(N[C@H]1CCCC(Nc2ncc(Cl)c(-c3c[nH]c4ccccc34)n2)C1)N1CCNCC1. The predicted octanol–water partition coefficient (Wildman–Crippen LogP) is 3.62. The number of rotatable bonds is 4. The average molecular weight is 454 g/mol. The van der Waals surface area contributed by atoms with Crippen molar-refractivity contribution in [3.8, 4) is 11.3 Å². The van der Waals surface area contributed by atoms with E-state index in [0.717, 1.165) is 68.3 Å². The van der Waals surface area contributed by atoms with E-state index in [2.05, 4.69) is 32.0 Å². The summed E-state index contributed by atoms with van der Waals surface area (Å²) in [4.78, 5) is 26.9. The Morgan fingerprint density at radius 2 is 1.97 bits per heavy atom. The van der Waals surface area contributed by atoms with Crippen LogP contribution in [-0.2, 0) is 0 Å². The third kappa shape index (κ3) is 4.52. The number of para-hydroxylation sites is 1. The molecule has 2 amide bonds. The fourth-order valence-electron chi connectivity index (χ4n) is 4.66. The zero-order chi connectivity index (χ0) is 21.9. The third-order valence-electron chi connectivity index (χ3n) is 6.33. The lowest BCUT2D eigenvalue weighted by Crippen LogP contribution is -2.53. The number of benzene rings is 1. The number of carbonyl (C=O) groups is 1. The Hall–Kier alpha value is -2.84. The van der Waals surface area contributed by atoms with Crippen molar-refractivity contribution in [2.75, 3.05) is 31.5 Å². The molecule has 1 saturated heterocycles. The molecule has 2 aliphatic rings. The zero-order valence-electron chi connectivity index (χ0n) is 17.9. The summed E-state index contributed by atoms with van der Waals surface area (Å²) in [6.45, 7) is 3.23. The van der Waals surface area contributed by atoms with Crippen LogP contribution in [0.15, 0.2) is 36.7 Å². The van der Waals surface area contributed by atoms with Gasteiger partial charge in [-0.1, -0.05) is 29.8 Å². The van der Waals surface area contributed by atoms with Gasteiger partial charge in [-0.2, -0.15) is 0 Å². The second-order valence-corrected chi connectivity index (χ2v) is 8.94. The van der Waals surface area contributed by atoms with E-state index >= 15 is 0 Å². The van der Waals surface area contributed by atoms with Crippen LogP contribution in [0.4, 0.5) is 10.7 Å². The van der Waals surface area contributed by atoms with Gasteiger partial charge in [-0.25, -0.2) is 14.8 Å². The molecule has 1 aliphatic heterocycles. The largest absolute Gasteiger partial charge is 0.360 e. The van der Waals surface area contributed by atoms with Gasteiger partial charge in [0.15, 0.2) is 0 Å². The molecule has 0 spiro atoms. The lowest BCUT2D eigenvalue weighted by Gasteiger charge is -2.33. The van der Waals surface area contributed by atoms with Crippen molar-refractivity contribution in [1.29, 1.82) is 0 Å². The molecule has 4 N–H and O–H groups in total. The molecule has 1 saturated carbocycles. The van der Waals surface area contributed by atoms with Crippen molar-refractivity contribution in [3.63, 3.8) is 0 Å². The van der Waals surface area contributed by atoms with Crippen molar-refractivity contribution in [1.82, 2.24) is 30.5 Å². The Balaban J connectivity index is 1.27. The van der Waals surface area contributed by atoms with Crippen molar-refractivity contribution >= 4 is 34.5 Å². The fourth-order valence-corrected chi connectivity index (χ4v) is 4.85. The number of carbonyl (C=O) groups excluding carboxylic acids is 1. The minimum atomic E-state index is 0.0431. The van der Waals surface area contributed by atoms with Crippen LogP contribution in [0.5, 0.6) is 0 Å². The molecule has 0 bridgehead atoms. The van der Waals surface area contributed by atoms with Gasteiger partial charge >= 0.3 is 6.03 Å². The first-order valence-electron chi connectivity index (χ1n) is 11.3. The van der Waals surface area contributed by atoms with E-state index in [0.29, 0.717) is 16.7 Å². The van der Waals surface area contributed by atoms with Gasteiger partial charge in [0.2, 0.25) is 5.95 Å². The second kappa shape index (κ2) is 9.34. The summed E-state index contributed by atoms with van der Waals surface area (Å²) < 4.78 is 0. The Morgan fingerprint density at radius 3 is 2.84 bits per heavy atom. The van der Waals surface area contributed by atoms with Gasteiger partial charge < -0.3 is 25.8 Å². The standard InChI is InChI=1S/C23H28ClN7O/c24-19-14-27-22(30-21(19)18-13-26-20-7-2-1-6-17(18)20)28-15-4-3-5-16(12-15)29-23(32)31-10-8-25-9-11-31/h1-2,6-7,13-16,25-26H,3-5,8-12H2,(H,29,32)(H,27,28,30)/t15?,16-/m0/s1. The lowest BCUT2D eigenvalue weighted by molar-refractivity contribution is 0.182. The van der Waals surface area contributed by atoms with E-state index in [9.17, 15) is 4.79 Å². The summed E-state index contributed by atoms with van der Waals surface area (Å²) in [5.41, 5.74) is 2.71. The van der Waals surface area contributed by atoms with Crippen LogP contribution in [0.3, 0.4) is 0 Å². The fraction of sp³-hybridized carbons (Fsp3) is 0.435. The minimum Gasteiger partial charge on any atom is -0.360 e. The summed E-state index contributed by atoms with van der Waals surface area (Å²) in [5.74, 6) is 0.564. The van der Waals surface area contributed by atoms with Gasteiger partial charge in [0.05, 0.1) is 16.9 Å². The van der Waals surface area contributed by atoms with Crippen molar-refractivity contribution in [3.05, 3.63) is 41.7 Å². The number of H-pyrrole nitrogens is 1. The Morgan fingerprint density at radius 1 is 1.16 bits per heavy atom. The Bertz CT molecular complexity index is 1090. The van der Waals surface area contributed by atoms with Crippen LogP contribution < -0.4 is 16.0 Å². The molecule has 5 rings (SSSR count). The molecule has 2 fully saturated rings. The number of aromatic amines is 1. The van der Waals surface area contributed by atoms with Crippen molar-refractivity contribution in [2.24, 2.45) is 0 Å². The van der Waals surface area contributed by atoms with Crippen molar-refractivity contribution < 1.29 is 4.79 Å². The van der Waals surface area contributed by atoms with Gasteiger partial charge in [0, 0.05) is 60.9 Å². The molecular weight excluding hydrogens is 426 g/mol. The first-order valence-corrected chi connectivity index (χ1v) is 11.7. The molecule has 1 unspecified atom stereocenters. The molecule has 8 nitrogen and oxygen atoms in total. The summed E-state index contributed by atoms with van der Waals surface area (Å²) in [7, 11) is 0. The van der Waals surface area contributed by atoms with E-state index < -0.39 is 0 Å². The number of fused-ring (bicyclic) bond motifs is 1. The number of amides is 2. The highest BCUT2D eigenvalue weighted by molar-refractivity contribution is 6.33. The number of anilines is 1. The molecule has 2 atom stereocenters. The first kappa shape index (κ1) is 21.0. The molecule has 1 aliphatic carbocycles. The monoisotopic (exact) mass is 453 g/mol. The molecule has 3 aromatic rings. The lowest BCUT2D eigenvalue weighted by atomic mass is 9.91.